The molecule has 7 heteroatoms. The molecule has 34 heavy (non-hydrogen) atoms. The number of alkyl halides is 1. The predicted molar refractivity (Wildman–Crippen MR) is 129 cm³/mol. The fourth-order valence-electron chi connectivity index (χ4n) is 6.33. The molecule has 6 rings (SSSR count). The number of benzene rings is 2. The lowest BCUT2D eigenvalue weighted by molar-refractivity contribution is 0.0980. The second-order valence-corrected chi connectivity index (χ2v) is 12.9. The summed E-state index contributed by atoms with van der Waals surface area (Å²) in [5, 5.41) is 0. The lowest BCUT2D eigenvalue weighted by Crippen LogP contribution is -2.40. The molecular weight excluding hydrogens is 451 g/mol. The molecule has 180 valence electrons. The van der Waals surface area contributed by atoms with Crippen molar-refractivity contribution in [3.8, 4) is 0 Å². The molecule has 0 unspecified atom stereocenters. The van der Waals surface area contributed by atoms with E-state index in [0.29, 0.717) is 17.5 Å². The largest absolute Gasteiger partial charge is 0.307 e. The maximum Gasteiger partial charge on any atom is 0.258 e. The van der Waals surface area contributed by atoms with E-state index in [9.17, 15) is 17.6 Å². The van der Waals surface area contributed by atoms with Crippen LogP contribution in [0.3, 0.4) is 0 Å². The lowest BCUT2D eigenvalue weighted by atomic mass is 9.66. The molecule has 3 fully saturated rings. The molecule has 0 aromatic heterocycles. The molecule has 0 N–H and O–H groups in total. The van der Waals surface area contributed by atoms with E-state index in [1.54, 1.807) is 12.1 Å². The molecule has 5 nitrogen and oxygen atoms in total. The zero-order chi connectivity index (χ0) is 23.7. The van der Waals surface area contributed by atoms with E-state index in [4.69, 9.17) is 0 Å². The van der Waals surface area contributed by atoms with Crippen LogP contribution in [-0.4, -0.2) is 44.4 Å². The van der Waals surface area contributed by atoms with Gasteiger partial charge < -0.3 is 4.90 Å². The zero-order valence-corrected chi connectivity index (χ0v) is 20.4. The Kier molecular flexibility index (Phi) is 4.98. The number of rotatable bonds is 3. The highest BCUT2D eigenvalue weighted by atomic mass is 32.2. The number of aryl methyl sites for hydroxylation is 1. The summed E-state index contributed by atoms with van der Waals surface area (Å²) >= 11 is 0. The molecule has 1 saturated heterocycles. The Bertz CT molecular complexity index is 1260. The van der Waals surface area contributed by atoms with Crippen molar-refractivity contribution in [2.24, 2.45) is 5.41 Å². The van der Waals surface area contributed by atoms with Gasteiger partial charge in [-0.05, 0) is 87.1 Å². The van der Waals surface area contributed by atoms with Crippen LogP contribution < -0.4 is 4.90 Å². The van der Waals surface area contributed by atoms with Crippen molar-refractivity contribution in [2.45, 2.75) is 68.4 Å². The minimum atomic E-state index is -3.83. The average molecular weight is 483 g/mol. The standard InChI is InChI=1S/C27H31FN2O3S/c1-19-5-6-24-23(15-19)27(12-10-26(8-9-26)11-13-27)18-30(24)25(31)20-3-2-4-22(16-20)34(32,33)29-14-7-21(28)17-29/h2-6,15-16,21H,7-14,17-18H2,1H3/t21-/m1/s1. The number of hydrogen-bond donors (Lipinski definition) is 0. The summed E-state index contributed by atoms with van der Waals surface area (Å²) < 4.78 is 41.0. The number of fused-ring (bicyclic) bond motifs is 2. The van der Waals surface area contributed by atoms with E-state index in [-0.39, 0.29) is 35.7 Å². The third-order valence-corrected chi connectivity index (χ3v) is 10.6. The molecule has 2 saturated carbocycles. The molecule has 0 bridgehead atoms. The van der Waals surface area contributed by atoms with Crippen LogP contribution in [0.15, 0.2) is 47.4 Å². The number of halogens is 1. The van der Waals surface area contributed by atoms with Crippen molar-refractivity contribution >= 4 is 21.6 Å². The number of sulfonamides is 1. The van der Waals surface area contributed by atoms with Crippen molar-refractivity contribution in [1.82, 2.24) is 4.31 Å². The maximum atomic E-state index is 13.8. The van der Waals surface area contributed by atoms with Crippen LogP contribution >= 0.6 is 0 Å². The summed E-state index contributed by atoms with van der Waals surface area (Å²) in [5.41, 5.74) is 4.32. The fourth-order valence-corrected chi connectivity index (χ4v) is 7.86. The van der Waals surface area contributed by atoms with E-state index in [1.165, 1.54) is 53.2 Å². The summed E-state index contributed by atoms with van der Waals surface area (Å²) in [6.07, 6.45) is 6.41. The second kappa shape index (κ2) is 7.62. The molecule has 1 amide bonds. The normalized spacial score (nSPS) is 25.1. The SMILES string of the molecule is Cc1ccc2c(c1)C1(CCC3(CC3)CC1)CN2C(=O)c1cccc(S(=O)(=O)N2CC[C@@H](F)C2)c1. The summed E-state index contributed by atoms with van der Waals surface area (Å²) in [7, 11) is -3.83. The number of hydrogen-bond acceptors (Lipinski definition) is 3. The first-order valence-electron chi connectivity index (χ1n) is 12.4. The first-order valence-corrected chi connectivity index (χ1v) is 13.8. The van der Waals surface area contributed by atoms with Crippen LogP contribution in [-0.2, 0) is 15.4 Å². The first-order chi connectivity index (χ1) is 16.2. The molecular formula is C27H31FN2O3S. The van der Waals surface area contributed by atoms with Crippen LogP contribution in [0.1, 0.15) is 66.4 Å². The number of carbonyl (C=O) groups excluding carboxylic acids is 1. The molecule has 2 aliphatic heterocycles. The molecule has 0 radical (unpaired) electrons. The van der Waals surface area contributed by atoms with Crippen molar-refractivity contribution in [3.63, 3.8) is 0 Å². The van der Waals surface area contributed by atoms with Crippen molar-refractivity contribution < 1.29 is 17.6 Å². The van der Waals surface area contributed by atoms with Gasteiger partial charge in [0.2, 0.25) is 10.0 Å². The van der Waals surface area contributed by atoms with Gasteiger partial charge in [-0.3, -0.25) is 4.79 Å². The Hall–Kier alpha value is -2.25. The van der Waals surface area contributed by atoms with Crippen LogP contribution in [0, 0.1) is 12.3 Å². The molecule has 4 aliphatic rings. The van der Waals surface area contributed by atoms with Crippen LogP contribution in [0.5, 0.6) is 0 Å². The van der Waals surface area contributed by atoms with Gasteiger partial charge in [0.15, 0.2) is 0 Å². The maximum absolute atomic E-state index is 13.8. The Morgan fingerprint density at radius 3 is 2.44 bits per heavy atom. The summed E-state index contributed by atoms with van der Waals surface area (Å²) in [6.45, 7) is 2.79. The van der Waals surface area contributed by atoms with Gasteiger partial charge in [-0.1, -0.05) is 23.8 Å². The molecule has 2 spiro atoms. The summed E-state index contributed by atoms with van der Waals surface area (Å²) in [5.74, 6) is -0.171. The number of amides is 1. The Morgan fingerprint density at radius 2 is 1.76 bits per heavy atom. The molecule has 1 atom stereocenters. The minimum absolute atomic E-state index is 0.0137. The van der Waals surface area contributed by atoms with E-state index in [0.717, 1.165) is 18.5 Å². The number of nitrogens with zero attached hydrogens (tertiary/aromatic N) is 2. The van der Waals surface area contributed by atoms with Gasteiger partial charge in [-0.25, -0.2) is 12.8 Å². The highest BCUT2D eigenvalue weighted by Gasteiger charge is 2.53. The zero-order valence-electron chi connectivity index (χ0n) is 19.6. The molecule has 2 aromatic carbocycles. The highest BCUT2D eigenvalue weighted by Crippen LogP contribution is 2.62. The second-order valence-electron chi connectivity index (χ2n) is 11.0. The van der Waals surface area contributed by atoms with Gasteiger partial charge in [-0.2, -0.15) is 4.31 Å². The number of carbonyl (C=O) groups is 1. The van der Waals surface area contributed by atoms with Crippen LogP contribution in [0.2, 0.25) is 0 Å². The fraction of sp³-hybridized carbons (Fsp3) is 0.519. The van der Waals surface area contributed by atoms with Gasteiger partial charge in [0.1, 0.15) is 6.17 Å². The van der Waals surface area contributed by atoms with Crippen molar-refractivity contribution in [2.75, 3.05) is 24.5 Å². The molecule has 2 heterocycles. The Balaban J connectivity index is 1.32. The van der Waals surface area contributed by atoms with E-state index in [1.807, 2.05) is 17.0 Å². The Labute approximate surface area is 201 Å². The Morgan fingerprint density at radius 1 is 1.03 bits per heavy atom. The highest BCUT2D eigenvalue weighted by molar-refractivity contribution is 7.89. The molecule has 2 aliphatic carbocycles. The van der Waals surface area contributed by atoms with Gasteiger partial charge in [0.25, 0.3) is 5.91 Å². The topological polar surface area (TPSA) is 57.7 Å². The van der Waals surface area contributed by atoms with E-state index in [2.05, 4.69) is 13.0 Å². The van der Waals surface area contributed by atoms with Crippen LogP contribution in [0.25, 0.3) is 0 Å². The number of anilines is 1. The third-order valence-electron chi connectivity index (χ3n) is 8.76. The third kappa shape index (κ3) is 3.51. The van der Waals surface area contributed by atoms with E-state index < -0.39 is 16.2 Å². The lowest BCUT2D eigenvalue weighted by Gasteiger charge is -2.38. The van der Waals surface area contributed by atoms with Gasteiger partial charge >= 0.3 is 0 Å². The smallest absolute Gasteiger partial charge is 0.258 e. The predicted octanol–water partition coefficient (Wildman–Crippen LogP) is 4.98. The van der Waals surface area contributed by atoms with E-state index >= 15 is 0 Å². The minimum Gasteiger partial charge on any atom is -0.307 e. The first kappa shape index (κ1) is 22.2. The van der Waals surface area contributed by atoms with Gasteiger partial charge in [0, 0.05) is 36.3 Å². The van der Waals surface area contributed by atoms with Crippen molar-refractivity contribution in [3.05, 3.63) is 59.2 Å². The average Bonchev–Trinajstić information content (AvgIpc) is 3.32. The quantitative estimate of drug-likeness (QED) is 0.620. The van der Waals surface area contributed by atoms with Gasteiger partial charge in [0.05, 0.1) is 4.90 Å². The van der Waals surface area contributed by atoms with Gasteiger partial charge in [-0.15, -0.1) is 0 Å². The van der Waals surface area contributed by atoms with Crippen LogP contribution in [0.4, 0.5) is 10.1 Å². The monoisotopic (exact) mass is 482 g/mol. The molecule has 2 aromatic rings. The summed E-state index contributed by atoms with van der Waals surface area (Å²) in [6, 6.07) is 12.6. The summed E-state index contributed by atoms with van der Waals surface area (Å²) in [4.78, 5) is 15.7. The van der Waals surface area contributed by atoms with Crippen molar-refractivity contribution in [1.29, 1.82) is 0 Å².